The maximum atomic E-state index is 6.10. The van der Waals surface area contributed by atoms with E-state index in [-0.39, 0.29) is 6.04 Å². The topological polar surface area (TPSA) is 24.9 Å². The number of halogens is 1. The van der Waals surface area contributed by atoms with E-state index < -0.39 is 0 Å². The summed E-state index contributed by atoms with van der Waals surface area (Å²) >= 11 is 7.80. The zero-order valence-electron chi connectivity index (χ0n) is 10.6. The van der Waals surface area contributed by atoms with Crippen molar-refractivity contribution in [2.24, 2.45) is 0 Å². The van der Waals surface area contributed by atoms with E-state index in [0.717, 1.165) is 23.0 Å². The van der Waals surface area contributed by atoms with Gasteiger partial charge in [0.25, 0.3) is 0 Å². The lowest BCUT2D eigenvalue weighted by Gasteiger charge is -2.19. The van der Waals surface area contributed by atoms with Crippen molar-refractivity contribution >= 4 is 22.9 Å². The summed E-state index contributed by atoms with van der Waals surface area (Å²) in [5.74, 6) is 0. The highest BCUT2D eigenvalue weighted by atomic mass is 35.5. The molecule has 0 radical (unpaired) electrons. The Labute approximate surface area is 117 Å². The standard InChI is InChI=1S/C14H17ClN2S/c1-3-16-13(9-14-17-6-7-18-14)12-8-11(15)5-4-10(12)2/h4-8,13,16H,3,9H2,1-2H3. The number of rotatable bonds is 5. The van der Waals surface area contributed by atoms with Crippen LogP contribution >= 0.6 is 22.9 Å². The Kier molecular flexibility index (Phi) is 4.75. The number of aryl methyl sites for hydroxylation is 1. The molecule has 1 N–H and O–H groups in total. The molecule has 0 saturated heterocycles. The number of nitrogens with zero attached hydrogens (tertiary/aromatic N) is 1. The van der Waals surface area contributed by atoms with Gasteiger partial charge in [0, 0.05) is 29.1 Å². The molecule has 2 rings (SSSR count). The Morgan fingerprint density at radius 1 is 1.44 bits per heavy atom. The molecule has 0 saturated carbocycles. The van der Waals surface area contributed by atoms with Crippen molar-refractivity contribution in [1.29, 1.82) is 0 Å². The Morgan fingerprint density at radius 2 is 2.28 bits per heavy atom. The van der Waals surface area contributed by atoms with E-state index in [1.165, 1.54) is 11.1 Å². The Balaban J connectivity index is 2.26. The van der Waals surface area contributed by atoms with E-state index in [0.29, 0.717) is 0 Å². The molecule has 0 fully saturated rings. The average molecular weight is 281 g/mol. The van der Waals surface area contributed by atoms with E-state index in [9.17, 15) is 0 Å². The summed E-state index contributed by atoms with van der Waals surface area (Å²) in [6.07, 6.45) is 2.76. The number of nitrogens with one attached hydrogen (secondary N) is 1. The van der Waals surface area contributed by atoms with Crippen LogP contribution in [0, 0.1) is 6.92 Å². The van der Waals surface area contributed by atoms with Gasteiger partial charge in [-0.2, -0.15) is 0 Å². The summed E-state index contributed by atoms with van der Waals surface area (Å²) in [4.78, 5) is 4.36. The smallest absolute Gasteiger partial charge is 0.0943 e. The normalized spacial score (nSPS) is 12.6. The number of aromatic nitrogens is 1. The molecule has 18 heavy (non-hydrogen) atoms. The van der Waals surface area contributed by atoms with Crippen molar-refractivity contribution in [2.45, 2.75) is 26.3 Å². The number of thiazole rings is 1. The van der Waals surface area contributed by atoms with Gasteiger partial charge in [-0.15, -0.1) is 11.3 Å². The minimum Gasteiger partial charge on any atom is -0.310 e. The SMILES string of the molecule is CCNC(Cc1nccs1)c1cc(Cl)ccc1C. The van der Waals surface area contributed by atoms with Crippen LogP contribution in [0.4, 0.5) is 0 Å². The first-order valence-corrected chi connectivity index (χ1v) is 7.34. The number of hydrogen-bond donors (Lipinski definition) is 1. The third-order valence-corrected chi connectivity index (χ3v) is 3.97. The predicted molar refractivity (Wildman–Crippen MR) is 78.4 cm³/mol. The fraction of sp³-hybridized carbons (Fsp3) is 0.357. The Morgan fingerprint density at radius 3 is 2.94 bits per heavy atom. The molecule has 96 valence electrons. The minimum atomic E-state index is 0.278. The molecule has 0 spiro atoms. The summed E-state index contributed by atoms with van der Waals surface area (Å²) in [7, 11) is 0. The van der Waals surface area contributed by atoms with Crippen LogP contribution in [0.1, 0.15) is 29.1 Å². The molecule has 1 unspecified atom stereocenters. The number of hydrogen-bond acceptors (Lipinski definition) is 3. The summed E-state index contributed by atoms with van der Waals surface area (Å²) in [6, 6.07) is 6.34. The zero-order chi connectivity index (χ0) is 13.0. The van der Waals surface area contributed by atoms with Crippen LogP contribution in [0.15, 0.2) is 29.8 Å². The van der Waals surface area contributed by atoms with Gasteiger partial charge < -0.3 is 5.32 Å². The van der Waals surface area contributed by atoms with Gasteiger partial charge >= 0.3 is 0 Å². The highest BCUT2D eigenvalue weighted by molar-refractivity contribution is 7.09. The highest BCUT2D eigenvalue weighted by Crippen LogP contribution is 2.25. The highest BCUT2D eigenvalue weighted by Gasteiger charge is 2.15. The molecular formula is C14H17ClN2S. The first-order chi connectivity index (χ1) is 8.70. The maximum absolute atomic E-state index is 6.10. The zero-order valence-corrected chi connectivity index (χ0v) is 12.2. The van der Waals surface area contributed by atoms with E-state index in [1.807, 2.05) is 17.6 Å². The maximum Gasteiger partial charge on any atom is 0.0943 e. The Hall–Kier alpha value is -0.900. The number of likely N-dealkylation sites (N-methyl/N-ethyl adjacent to an activating group) is 1. The molecule has 1 aromatic carbocycles. The summed E-state index contributed by atoms with van der Waals surface area (Å²) in [5, 5.41) is 7.47. The van der Waals surface area contributed by atoms with Gasteiger partial charge in [-0.25, -0.2) is 4.98 Å². The van der Waals surface area contributed by atoms with Crippen LogP contribution < -0.4 is 5.32 Å². The van der Waals surface area contributed by atoms with Gasteiger partial charge in [-0.05, 0) is 36.7 Å². The van der Waals surface area contributed by atoms with Crippen molar-refractivity contribution in [3.8, 4) is 0 Å². The molecule has 0 aliphatic rings. The lowest BCUT2D eigenvalue weighted by Crippen LogP contribution is -2.23. The van der Waals surface area contributed by atoms with Gasteiger partial charge in [0.1, 0.15) is 0 Å². The monoisotopic (exact) mass is 280 g/mol. The summed E-state index contributed by atoms with van der Waals surface area (Å²) in [6.45, 7) is 5.18. The van der Waals surface area contributed by atoms with Crippen molar-refractivity contribution in [3.05, 3.63) is 50.9 Å². The van der Waals surface area contributed by atoms with Crippen LogP contribution in [-0.2, 0) is 6.42 Å². The lowest BCUT2D eigenvalue weighted by molar-refractivity contribution is 0.546. The second-order valence-electron chi connectivity index (χ2n) is 4.24. The van der Waals surface area contributed by atoms with Gasteiger partial charge in [0.2, 0.25) is 0 Å². The molecule has 0 aliphatic heterocycles. The molecule has 0 bridgehead atoms. The average Bonchev–Trinajstić information content (AvgIpc) is 2.85. The second kappa shape index (κ2) is 6.32. The van der Waals surface area contributed by atoms with Crippen LogP contribution in [0.25, 0.3) is 0 Å². The fourth-order valence-electron chi connectivity index (χ4n) is 2.05. The molecule has 4 heteroatoms. The van der Waals surface area contributed by atoms with Gasteiger partial charge in [-0.1, -0.05) is 24.6 Å². The van der Waals surface area contributed by atoms with Crippen molar-refractivity contribution in [3.63, 3.8) is 0 Å². The third kappa shape index (κ3) is 3.31. The molecule has 2 nitrogen and oxygen atoms in total. The van der Waals surface area contributed by atoms with Crippen LogP contribution in [0.3, 0.4) is 0 Å². The van der Waals surface area contributed by atoms with E-state index in [2.05, 4.69) is 36.3 Å². The molecular weight excluding hydrogens is 264 g/mol. The largest absolute Gasteiger partial charge is 0.310 e. The van der Waals surface area contributed by atoms with Gasteiger partial charge in [-0.3, -0.25) is 0 Å². The van der Waals surface area contributed by atoms with Gasteiger partial charge in [0.05, 0.1) is 5.01 Å². The molecule has 2 aromatic rings. The summed E-state index contributed by atoms with van der Waals surface area (Å²) in [5.41, 5.74) is 2.53. The molecule has 1 aromatic heterocycles. The van der Waals surface area contributed by atoms with Crippen LogP contribution in [0.2, 0.25) is 5.02 Å². The van der Waals surface area contributed by atoms with Crippen molar-refractivity contribution in [1.82, 2.24) is 10.3 Å². The minimum absolute atomic E-state index is 0.278. The lowest BCUT2D eigenvalue weighted by atomic mass is 9.99. The number of benzene rings is 1. The third-order valence-electron chi connectivity index (χ3n) is 2.93. The van der Waals surface area contributed by atoms with Gasteiger partial charge in [0.15, 0.2) is 0 Å². The molecule has 0 amide bonds. The molecule has 1 heterocycles. The molecule has 0 aliphatic carbocycles. The van der Waals surface area contributed by atoms with Crippen LogP contribution in [0.5, 0.6) is 0 Å². The quantitative estimate of drug-likeness (QED) is 0.895. The van der Waals surface area contributed by atoms with E-state index in [1.54, 1.807) is 11.3 Å². The first kappa shape index (κ1) is 13.5. The Bertz CT molecular complexity index is 497. The first-order valence-electron chi connectivity index (χ1n) is 6.08. The van der Waals surface area contributed by atoms with Crippen molar-refractivity contribution < 1.29 is 0 Å². The van der Waals surface area contributed by atoms with Crippen molar-refractivity contribution in [2.75, 3.05) is 6.54 Å². The van der Waals surface area contributed by atoms with E-state index >= 15 is 0 Å². The van der Waals surface area contributed by atoms with Crippen LogP contribution in [-0.4, -0.2) is 11.5 Å². The molecule has 1 atom stereocenters. The fourth-order valence-corrected chi connectivity index (χ4v) is 2.90. The second-order valence-corrected chi connectivity index (χ2v) is 5.66. The summed E-state index contributed by atoms with van der Waals surface area (Å²) < 4.78 is 0. The predicted octanol–water partition coefficient (Wildman–Crippen LogP) is 4.00. The van der Waals surface area contributed by atoms with E-state index in [4.69, 9.17) is 11.6 Å².